The summed E-state index contributed by atoms with van der Waals surface area (Å²) in [5.41, 5.74) is 0.290. The molecule has 20 heavy (non-hydrogen) atoms. The molecule has 1 N–H and O–H groups in total. The van der Waals surface area contributed by atoms with Crippen molar-refractivity contribution in [3.05, 3.63) is 44.0 Å². The van der Waals surface area contributed by atoms with Gasteiger partial charge in [-0.2, -0.15) is 4.98 Å². The Bertz CT molecular complexity index is 621. The summed E-state index contributed by atoms with van der Waals surface area (Å²) in [7, 11) is 0. The lowest BCUT2D eigenvalue weighted by Crippen LogP contribution is -2.07. The molecule has 0 aliphatic rings. The normalized spacial score (nSPS) is 10.6. The van der Waals surface area contributed by atoms with Crippen molar-refractivity contribution in [2.45, 2.75) is 13.3 Å². The van der Waals surface area contributed by atoms with Crippen LogP contribution in [-0.2, 0) is 6.42 Å². The predicted octanol–water partition coefficient (Wildman–Crippen LogP) is 3.25. The van der Waals surface area contributed by atoms with E-state index in [1.165, 1.54) is 12.1 Å². The van der Waals surface area contributed by atoms with Gasteiger partial charge >= 0.3 is 0 Å². The monoisotopic (exact) mass is 316 g/mol. The lowest BCUT2D eigenvalue weighted by Gasteiger charge is -2.09. The maximum atomic E-state index is 10.7. The van der Waals surface area contributed by atoms with E-state index in [0.717, 1.165) is 0 Å². The molecule has 106 valence electrons. The van der Waals surface area contributed by atoms with Crippen LogP contribution in [0.5, 0.6) is 0 Å². The van der Waals surface area contributed by atoms with E-state index >= 15 is 0 Å². The number of benzene rings is 1. The Kier molecular flexibility index (Phi) is 4.41. The molecule has 0 atom stereocenters. The highest BCUT2D eigenvalue weighted by Gasteiger charge is 2.14. The number of aromatic nitrogens is 2. The van der Waals surface area contributed by atoms with E-state index in [9.17, 15) is 10.1 Å². The Hall–Kier alpha value is -1.86. The fourth-order valence-electron chi connectivity index (χ4n) is 1.58. The fraction of sp³-hybridized carbons (Fsp3) is 0.273. The van der Waals surface area contributed by atoms with Crippen LogP contribution in [0.3, 0.4) is 0 Å². The summed E-state index contributed by atoms with van der Waals surface area (Å²) in [6.45, 7) is 2.17. The highest BCUT2D eigenvalue weighted by Crippen LogP contribution is 2.34. The van der Waals surface area contributed by atoms with Crippen LogP contribution in [0.4, 0.5) is 11.4 Å². The molecule has 0 fully saturated rings. The van der Waals surface area contributed by atoms with Crippen molar-refractivity contribution < 1.29 is 9.45 Å². The zero-order chi connectivity index (χ0) is 14.7. The number of hydrogen-bond acceptors (Lipinski definition) is 6. The lowest BCUT2D eigenvalue weighted by molar-refractivity contribution is -0.384. The third-order valence-electron chi connectivity index (χ3n) is 2.46. The van der Waals surface area contributed by atoms with Crippen LogP contribution in [0.1, 0.15) is 11.7 Å². The molecule has 0 unspecified atom stereocenters. The van der Waals surface area contributed by atoms with Crippen molar-refractivity contribution in [1.29, 1.82) is 0 Å². The van der Waals surface area contributed by atoms with Crippen LogP contribution in [0.2, 0.25) is 10.0 Å². The summed E-state index contributed by atoms with van der Waals surface area (Å²) >= 11 is 11.9. The summed E-state index contributed by atoms with van der Waals surface area (Å²) in [5, 5.41) is 17.8. The minimum absolute atomic E-state index is 0.153. The second-order valence-corrected chi connectivity index (χ2v) is 4.76. The second kappa shape index (κ2) is 6.06. The number of nitro groups is 1. The van der Waals surface area contributed by atoms with Gasteiger partial charge in [0.15, 0.2) is 5.82 Å². The Balaban J connectivity index is 2.04. The number of nitrogens with one attached hydrogen (secondary N) is 1. The first-order valence-corrected chi connectivity index (χ1v) is 6.39. The van der Waals surface area contributed by atoms with Crippen molar-refractivity contribution >= 4 is 34.6 Å². The zero-order valence-electron chi connectivity index (χ0n) is 10.4. The molecule has 1 aromatic carbocycles. The molecule has 0 aliphatic carbocycles. The minimum Gasteiger partial charge on any atom is -0.382 e. The van der Waals surface area contributed by atoms with Crippen molar-refractivity contribution in [3.63, 3.8) is 0 Å². The van der Waals surface area contributed by atoms with E-state index < -0.39 is 4.92 Å². The van der Waals surface area contributed by atoms with Gasteiger partial charge in [0.1, 0.15) is 0 Å². The molecule has 0 amide bonds. The zero-order valence-corrected chi connectivity index (χ0v) is 11.9. The van der Waals surface area contributed by atoms with Crippen molar-refractivity contribution in [3.8, 4) is 0 Å². The SMILES string of the molecule is Cc1nc(CCNc2c(Cl)cc([N+](=O)[O-])cc2Cl)no1. The molecule has 2 rings (SSSR count). The molecular weight excluding hydrogens is 307 g/mol. The van der Waals surface area contributed by atoms with Crippen LogP contribution >= 0.6 is 23.2 Å². The largest absolute Gasteiger partial charge is 0.382 e. The lowest BCUT2D eigenvalue weighted by atomic mass is 10.2. The topological polar surface area (TPSA) is 94.1 Å². The first-order valence-electron chi connectivity index (χ1n) is 5.64. The van der Waals surface area contributed by atoms with Crippen LogP contribution in [0, 0.1) is 17.0 Å². The van der Waals surface area contributed by atoms with Gasteiger partial charge in [-0.15, -0.1) is 0 Å². The third kappa shape index (κ3) is 3.37. The summed E-state index contributed by atoms with van der Waals surface area (Å²) in [6.07, 6.45) is 0.515. The Labute approximate surface area is 124 Å². The number of anilines is 1. The van der Waals surface area contributed by atoms with Gasteiger partial charge in [0.05, 0.1) is 20.7 Å². The van der Waals surface area contributed by atoms with E-state index in [-0.39, 0.29) is 15.7 Å². The summed E-state index contributed by atoms with van der Waals surface area (Å²) in [5.74, 6) is 1.05. The molecule has 0 saturated carbocycles. The van der Waals surface area contributed by atoms with E-state index in [0.29, 0.717) is 30.4 Å². The van der Waals surface area contributed by atoms with Gasteiger partial charge in [-0.1, -0.05) is 28.4 Å². The molecule has 0 saturated heterocycles. The number of nitro benzene ring substituents is 1. The van der Waals surface area contributed by atoms with E-state index in [2.05, 4.69) is 15.5 Å². The second-order valence-electron chi connectivity index (χ2n) is 3.95. The first kappa shape index (κ1) is 14.5. The standard InChI is InChI=1S/C11H10Cl2N4O3/c1-6-15-10(16-20-6)2-3-14-11-8(12)4-7(17(18)19)5-9(11)13/h4-5,14H,2-3H2,1H3. The van der Waals surface area contributed by atoms with Gasteiger partial charge in [0.25, 0.3) is 5.69 Å². The molecule has 0 aliphatic heterocycles. The van der Waals surface area contributed by atoms with Gasteiger partial charge in [0, 0.05) is 32.0 Å². The number of non-ortho nitro benzene ring substituents is 1. The molecule has 1 aromatic heterocycles. The maximum absolute atomic E-state index is 10.7. The number of aryl methyl sites for hydroxylation is 1. The van der Waals surface area contributed by atoms with Crippen molar-refractivity contribution in [2.75, 3.05) is 11.9 Å². The van der Waals surface area contributed by atoms with Crippen molar-refractivity contribution in [1.82, 2.24) is 10.1 Å². The molecule has 0 bridgehead atoms. The van der Waals surface area contributed by atoms with Crippen LogP contribution in [0.15, 0.2) is 16.7 Å². The predicted molar refractivity (Wildman–Crippen MR) is 74.3 cm³/mol. The van der Waals surface area contributed by atoms with Gasteiger partial charge in [-0.05, 0) is 0 Å². The van der Waals surface area contributed by atoms with E-state index in [4.69, 9.17) is 27.7 Å². The molecule has 0 spiro atoms. The summed E-state index contributed by atoms with van der Waals surface area (Å²) in [6, 6.07) is 2.49. The highest BCUT2D eigenvalue weighted by molar-refractivity contribution is 6.39. The highest BCUT2D eigenvalue weighted by atomic mass is 35.5. The molecule has 0 radical (unpaired) electrons. The first-order chi connectivity index (χ1) is 9.47. The van der Waals surface area contributed by atoms with Gasteiger partial charge in [-0.25, -0.2) is 0 Å². The summed E-state index contributed by atoms with van der Waals surface area (Å²) in [4.78, 5) is 14.2. The average Bonchev–Trinajstić information content (AvgIpc) is 2.78. The average molecular weight is 317 g/mol. The number of rotatable bonds is 5. The molecule has 9 heteroatoms. The van der Waals surface area contributed by atoms with Gasteiger partial charge < -0.3 is 9.84 Å². The van der Waals surface area contributed by atoms with Crippen molar-refractivity contribution in [2.24, 2.45) is 0 Å². The molecule has 2 aromatic rings. The van der Waals surface area contributed by atoms with Crippen LogP contribution < -0.4 is 5.32 Å². The van der Waals surface area contributed by atoms with E-state index in [1.807, 2.05) is 0 Å². The Morgan fingerprint density at radius 1 is 1.40 bits per heavy atom. The Morgan fingerprint density at radius 2 is 2.05 bits per heavy atom. The van der Waals surface area contributed by atoms with E-state index in [1.54, 1.807) is 6.92 Å². The number of halogens is 2. The van der Waals surface area contributed by atoms with Crippen LogP contribution in [0.25, 0.3) is 0 Å². The number of nitrogens with zero attached hydrogens (tertiary/aromatic N) is 3. The van der Waals surface area contributed by atoms with Gasteiger partial charge in [0.2, 0.25) is 5.89 Å². The summed E-state index contributed by atoms with van der Waals surface area (Å²) < 4.78 is 4.84. The maximum Gasteiger partial charge on any atom is 0.272 e. The quantitative estimate of drug-likeness (QED) is 0.672. The third-order valence-corrected chi connectivity index (χ3v) is 3.05. The molecular formula is C11H10Cl2N4O3. The Morgan fingerprint density at radius 3 is 2.55 bits per heavy atom. The fourth-order valence-corrected chi connectivity index (χ4v) is 2.19. The smallest absolute Gasteiger partial charge is 0.272 e. The number of hydrogen-bond donors (Lipinski definition) is 1. The molecule has 7 nitrogen and oxygen atoms in total. The molecule has 1 heterocycles. The van der Waals surface area contributed by atoms with Gasteiger partial charge in [-0.3, -0.25) is 10.1 Å². The minimum atomic E-state index is -0.552. The van der Waals surface area contributed by atoms with Crippen LogP contribution in [-0.4, -0.2) is 21.6 Å².